The van der Waals surface area contributed by atoms with Crippen molar-refractivity contribution in [1.29, 1.82) is 5.26 Å². The highest BCUT2D eigenvalue weighted by atomic mass is 16.5. The summed E-state index contributed by atoms with van der Waals surface area (Å²) in [7, 11) is 1.57. The topological polar surface area (TPSA) is 139 Å². The molecule has 2 aliphatic heterocycles. The van der Waals surface area contributed by atoms with Crippen LogP contribution < -0.4 is 20.7 Å². The molecule has 3 atom stereocenters. The molecule has 4 rings (SSSR count). The standard InChI is InChI=1S/C25H32N6O4/c1-35-22-7-5-6-19-18(22)13-20(29-19)24(33)30-21(15-31-10-3-2-4-11-31)25(34)28-17(14-26)12-16-8-9-27-23(16)32/h5-7,13,16-17,21,29H,2-4,8-12,15H2,1H3,(H,27,32)(H,28,34)(H,30,33)/t16-,17-,21?/m0/s1. The predicted molar refractivity (Wildman–Crippen MR) is 130 cm³/mol. The minimum atomic E-state index is -0.845. The number of piperidine rings is 1. The molecule has 0 bridgehead atoms. The van der Waals surface area contributed by atoms with Crippen molar-refractivity contribution in [2.75, 3.05) is 33.3 Å². The normalized spacial score (nSPS) is 20.0. The number of aromatic nitrogens is 1. The zero-order chi connectivity index (χ0) is 24.8. The lowest BCUT2D eigenvalue weighted by Crippen LogP contribution is -2.55. The van der Waals surface area contributed by atoms with Gasteiger partial charge in [-0.25, -0.2) is 0 Å². The molecular weight excluding hydrogens is 448 g/mol. The third-order valence-electron chi connectivity index (χ3n) is 6.76. The molecule has 1 aromatic carbocycles. The van der Waals surface area contributed by atoms with Gasteiger partial charge in [0.1, 0.15) is 23.5 Å². The number of hydrogen-bond donors (Lipinski definition) is 4. The van der Waals surface area contributed by atoms with Crippen molar-refractivity contribution in [1.82, 2.24) is 25.8 Å². The minimum absolute atomic E-state index is 0.0908. The Morgan fingerprint density at radius 3 is 2.74 bits per heavy atom. The van der Waals surface area contributed by atoms with E-state index in [1.54, 1.807) is 13.2 Å². The van der Waals surface area contributed by atoms with Gasteiger partial charge >= 0.3 is 0 Å². The molecule has 1 aromatic heterocycles. The van der Waals surface area contributed by atoms with E-state index in [9.17, 15) is 19.6 Å². The summed E-state index contributed by atoms with van der Waals surface area (Å²) in [5.41, 5.74) is 1.08. The molecule has 2 aromatic rings. The van der Waals surface area contributed by atoms with Crippen molar-refractivity contribution in [3.05, 3.63) is 30.0 Å². The van der Waals surface area contributed by atoms with E-state index in [0.717, 1.165) is 43.3 Å². The summed E-state index contributed by atoms with van der Waals surface area (Å²) in [4.78, 5) is 43.6. The molecule has 1 unspecified atom stereocenters. The first-order valence-corrected chi connectivity index (χ1v) is 12.1. The maximum absolute atomic E-state index is 13.2. The second kappa shape index (κ2) is 11.2. The minimum Gasteiger partial charge on any atom is -0.496 e. The van der Waals surface area contributed by atoms with Crippen LogP contribution in [-0.4, -0.2) is 73.0 Å². The highest BCUT2D eigenvalue weighted by Crippen LogP contribution is 2.26. The van der Waals surface area contributed by atoms with Gasteiger partial charge in [0, 0.05) is 29.9 Å². The summed E-state index contributed by atoms with van der Waals surface area (Å²) >= 11 is 0. The van der Waals surface area contributed by atoms with Crippen molar-refractivity contribution in [3.63, 3.8) is 0 Å². The van der Waals surface area contributed by atoms with Crippen LogP contribution >= 0.6 is 0 Å². The van der Waals surface area contributed by atoms with E-state index < -0.39 is 23.9 Å². The number of nitrogens with zero attached hydrogens (tertiary/aromatic N) is 2. The number of methoxy groups -OCH3 is 1. The fourth-order valence-corrected chi connectivity index (χ4v) is 4.83. The van der Waals surface area contributed by atoms with Gasteiger partial charge in [-0.3, -0.25) is 14.4 Å². The Morgan fingerprint density at radius 2 is 2.06 bits per heavy atom. The Morgan fingerprint density at radius 1 is 1.26 bits per heavy atom. The monoisotopic (exact) mass is 480 g/mol. The van der Waals surface area contributed by atoms with Gasteiger partial charge in [-0.2, -0.15) is 5.26 Å². The maximum atomic E-state index is 13.2. The van der Waals surface area contributed by atoms with Crippen molar-refractivity contribution < 1.29 is 19.1 Å². The van der Waals surface area contributed by atoms with Gasteiger partial charge in [0.05, 0.1) is 13.2 Å². The fraction of sp³-hybridized carbons (Fsp3) is 0.520. The van der Waals surface area contributed by atoms with Gasteiger partial charge in [-0.15, -0.1) is 0 Å². The molecule has 2 fully saturated rings. The third-order valence-corrected chi connectivity index (χ3v) is 6.76. The molecule has 2 aliphatic rings. The lowest BCUT2D eigenvalue weighted by atomic mass is 9.99. The molecule has 10 nitrogen and oxygen atoms in total. The zero-order valence-electron chi connectivity index (χ0n) is 19.9. The Labute approximate surface area is 204 Å². The SMILES string of the molecule is COc1cccc2[nH]c(C(=O)NC(CN3CCCCC3)C(=O)N[C@H](C#N)C[C@@H]3CCNC3=O)cc12. The Kier molecular flexibility index (Phi) is 7.87. The zero-order valence-corrected chi connectivity index (χ0v) is 19.9. The van der Waals surface area contributed by atoms with Crippen LogP contribution in [0.25, 0.3) is 10.9 Å². The lowest BCUT2D eigenvalue weighted by Gasteiger charge is -2.30. The van der Waals surface area contributed by atoms with Gasteiger partial charge in [0.25, 0.3) is 5.91 Å². The average molecular weight is 481 g/mol. The van der Waals surface area contributed by atoms with E-state index in [0.29, 0.717) is 31.0 Å². The Bertz CT molecular complexity index is 1120. The number of amides is 3. The number of likely N-dealkylation sites (tertiary alicyclic amines) is 1. The van der Waals surface area contributed by atoms with Crippen LogP contribution in [0.2, 0.25) is 0 Å². The van der Waals surface area contributed by atoms with Crippen LogP contribution in [0.15, 0.2) is 24.3 Å². The van der Waals surface area contributed by atoms with Gasteiger partial charge in [-0.05, 0) is 57.0 Å². The third kappa shape index (κ3) is 5.92. The number of carbonyl (C=O) groups is 3. The molecule has 2 saturated heterocycles. The first-order chi connectivity index (χ1) is 17.0. The van der Waals surface area contributed by atoms with Gasteiger partial charge in [-0.1, -0.05) is 12.5 Å². The number of ether oxygens (including phenoxy) is 1. The number of H-pyrrole nitrogens is 1. The largest absolute Gasteiger partial charge is 0.496 e. The van der Waals surface area contributed by atoms with E-state index >= 15 is 0 Å². The number of hydrogen-bond acceptors (Lipinski definition) is 6. The van der Waals surface area contributed by atoms with Crippen molar-refractivity contribution in [2.45, 2.75) is 44.2 Å². The van der Waals surface area contributed by atoms with Crippen molar-refractivity contribution in [3.8, 4) is 11.8 Å². The number of nitrogens with one attached hydrogen (secondary N) is 4. The first-order valence-electron chi connectivity index (χ1n) is 12.1. The van der Waals surface area contributed by atoms with Crippen LogP contribution in [0.5, 0.6) is 5.75 Å². The van der Waals surface area contributed by atoms with Crippen LogP contribution in [0.4, 0.5) is 0 Å². The van der Waals surface area contributed by atoms with Gasteiger partial charge in [0.2, 0.25) is 11.8 Å². The molecule has 0 saturated carbocycles. The van der Waals surface area contributed by atoms with E-state index in [1.807, 2.05) is 18.2 Å². The molecule has 4 N–H and O–H groups in total. The molecule has 0 aliphatic carbocycles. The van der Waals surface area contributed by atoms with Crippen molar-refractivity contribution in [2.24, 2.45) is 5.92 Å². The second-order valence-corrected chi connectivity index (χ2v) is 9.19. The van der Waals surface area contributed by atoms with E-state index in [2.05, 4.69) is 31.9 Å². The van der Waals surface area contributed by atoms with Gasteiger partial charge in [0.15, 0.2) is 0 Å². The average Bonchev–Trinajstić information content (AvgIpc) is 3.49. The number of benzene rings is 1. The summed E-state index contributed by atoms with van der Waals surface area (Å²) in [6.45, 7) is 2.64. The van der Waals surface area contributed by atoms with E-state index in [4.69, 9.17) is 4.74 Å². The van der Waals surface area contributed by atoms with Crippen LogP contribution in [0.3, 0.4) is 0 Å². The van der Waals surface area contributed by atoms with E-state index in [1.165, 1.54) is 0 Å². The number of fused-ring (bicyclic) bond motifs is 1. The molecule has 186 valence electrons. The summed E-state index contributed by atoms with van der Waals surface area (Å²) in [6, 6.07) is 7.64. The molecule has 0 radical (unpaired) electrons. The van der Waals surface area contributed by atoms with Crippen LogP contribution in [0.1, 0.15) is 42.6 Å². The molecule has 10 heteroatoms. The lowest BCUT2D eigenvalue weighted by molar-refractivity contribution is -0.125. The maximum Gasteiger partial charge on any atom is 0.268 e. The quantitative estimate of drug-likeness (QED) is 0.427. The highest BCUT2D eigenvalue weighted by molar-refractivity contribution is 6.01. The fourth-order valence-electron chi connectivity index (χ4n) is 4.83. The summed E-state index contributed by atoms with van der Waals surface area (Å²) < 4.78 is 5.38. The van der Waals surface area contributed by atoms with Crippen LogP contribution in [-0.2, 0) is 9.59 Å². The first kappa shape index (κ1) is 24.5. The molecule has 3 heterocycles. The second-order valence-electron chi connectivity index (χ2n) is 9.19. The summed E-state index contributed by atoms with van der Waals surface area (Å²) in [6.07, 6.45) is 4.13. The number of nitriles is 1. The number of rotatable bonds is 9. The van der Waals surface area contributed by atoms with E-state index in [-0.39, 0.29) is 18.2 Å². The molecular formula is C25H32N6O4. The summed E-state index contributed by atoms with van der Waals surface area (Å²) in [5.74, 6) is -0.580. The van der Waals surface area contributed by atoms with Gasteiger partial charge < -0.3 is 30.6 Å². The number of aromatic amines is 1. The van der Waals surface area contributed by atoms with Crippen LogP contribution in [0, 0.1) is 17.2 Å². The smallest absolute Gasteiger partial charge is 0.268 e. The van der Waals surface area contributed by atoms with Crippen molar-refractivity contribution >= 4 is 28.6 Å². The molecule has 0 spiro atoms. The molecule has 3 amide bonds. The number of carbonyl (C=O) groups excluding carboxylic acids is 3. The Hall–Kier alpha value is -3.58. The molecule has 35 heavy (non-hydrogen) atoms. The Balaban J connectivity index is 1.48. The predicted octanol–water partition coefficient (Wildman–Crippen LogP) is 1.30. The summed E-state index contributed by atoms with van der Waals surface area (Å²) in [5, 5.41) is 18.7. The highest BCUT2D eigenvalue weighted by Gasteiger charge is 2.31.